The monoisotopic (exact) mass is 316 g/mol. The Labute approximate surface area is 137 Å². The zero-order valence-electron chi connectivity index (χ0n) is 14.3. The van der Waals surface area contributed by atoms with Gasteiger partial charge < -0.3 is 9.52 Å². The number of ketones is 1. The SMILES string of the molecule is CC.CC.Cc1cc(O)c(C(=O)/C=C/c2ccccc2)c(=O)o1. The molecule has 124 valence electrons. The Balaban J connectivity index is 0.00000112. The molecule has 0 radical (unpaired) electrons. The topological polar surface area (TPSA) is 67.5 Å². The zero-order valence-corrected chi connectivity index (χ0v) is 14.3. The van der Waals surface area contributed by atoms with Gasteiger partial charge >= 0.3 is 5.63 Å². The van der Waals surface area contributed by atoms with Crippen molar-refractivity contribution in [2.24, 2.45) is 0 Å². The number of rotatable bonds is 3. The number of hydrogen-bond acceptors (Lipinski definition) is 4. The van der Waals surface area contributed by atoms with Gasteiger partial charge in [-0.1, -0.05) is 64.1 Å². The minimum Gasteiger partial charge on any atom is -0.507 e. The Morgan fingerprint density at radius 1 is 1.09 bits per heavy atom. The van der Waals surface area contributed by atoms with Crippen LogP contribution in [0.15, 0.2) is 51.7 Å². The highest BCUT2D eigenvalue weighted by atomic mass is 16.4. The fourth-order valence-corrected chi connectivity index (χ4v) is 1.64. The lowest BCUT2D eigenvalue weighted by atomic mass is 10.1. The maximum Gasteiger partial charge on any atom is 0.351 e. The first-order valence-electron chi connectivity index (χ1n) is 7.69. The average molecular weight is 316 g/mol. The van der Waals surface area contributed by atoms with E-state index in [2.05, 4.69) is 0 Å². The van der Waals surface area contributed by atoms with Crippen LogP contribution >= 0.6 is 0 Å². The molecule has 2 rings (SSSR count). The lowest BCUT2D eigenvalue weighted by molar-refractivity contribution is 0.104. The van der Waals surface area contributed by atoms with Gasteiger partial charge in [0.2, 0.25) is 0 Å². The molecule has 0 bridgehead atoms. The molecule has 0 fully saturated rings. The molecular weight excluding hydrogens is 292 g/mol. The molecule has 1 heterocycles. The van der Waals surface area contributed by atoms with Gasteiger partial charge in [-0.25, -0.2) is 4.79 Å². The molecule has 0 aliphatic carbocycles. The lowest BCUT2D eigenvalue weighted by Crippen LogP contribution is -2.12. The van der Waals surface area contributed by atoms with E-state index in [1.807, 2.05) is 58.0 Å². The van der Waals surface area contributed by atoms with Crippen LogP contribution in [0.5, 0.6) is 5.75 Å². The summed E-state index contributed by atoms with van der Waals surface area (Å²) in [6, 6.07) is 10.4. The average Bonchev–Trinajstić information content (AvgIpc) is 2.57. The van der Waals surface area contributed by atoms with Gasteiger partial charge in [0.05, 0.1) is 0 Å². The summed E-state index contributed by atoms with van der Waals surface area (Å²) in [6.45, 7) is 9.52. The highest BCUT2D eigenvalue weighted by Crippen LogP contribution is 2.15. The summed E-state index contributed by atoms with van der Waals surface area (Å²) < 4.78 is 4.79. The molecule has 4 nitrogen and oxygen atoms in total. The van der Waals surface area contributed by atoms with Crippen LogP contribution in [0.3, 0.4) is 0 Å². The van der Waals surface area contributed by atoms with E-state index in [-0.39, 0.29) is 17.1 Å². The van der Waals surface area contributed by atoms with Gasteiger partial charge in [-0.2, -0.15) is 0 Å². The Kier molecular flexibility index (Phi) is 9.76. The fourth-order valence-electron chi connectivity index (χ4n) is 1.64. The molecule has 4 heteroatoms. The molecule has 0 aliphatic rings. The standard InChI is InChI=1S/C15H12O4.2C2H6/c1-10-9-13(17)14(15(18)19-10)12(16)8-7-11-5-3-2-4-6-11;2*1-2/h2-9,17H,1H3;2*1-2H3/b8-7+;;. The second-order valence-electron chi connectivity index (χ2n) is 4.01. The number of benzene rings is 1. The lowest BCUT2D eigenvalue weighted by Gasteiger charge is -1.99. The second kappa shape index (κ2) is 11.0. The van der Waals surface area contributed by atoms with Crippen LogP contribution in [0.25, 0.3) is 6.08 Å². The molecule has 0 atom stereocenters. The van der Waals surface area contributed by atoms with Crippen molar-refractivity contribution in [2.45, 2.75) is 34.6 Å². The van der Waals surface area contributed by atoms with Crippen LogP contribution in [-0.4, -0.2) is 10.9 Å². The Morgan fingerprint density at radius 2 is 1.65 bits per heavy atom. The third kappa shape index (κ3) is 6.34. The first kappa shape index (κ1) is 20.4. The largest absolute Gasteiger partial charge is 0.507 e. The normalized spacial score (nSPS) is 9.43. The summed E-state index contributed by atoms with van der Waals surface area (Å²) in [7, 11) is 0. The van der Waals surface area contributed by atoms with E-state index in [0.29, 0.717) is 0 Å². The summed E-state index contributed by atoms with van der Waals surface area (Å²) in [5.74, 6) is -0.697. The van der Waals surface area contributed by atoms with Crippen molar-refractivity contribution in [3.05, 3.63) is 69.8 Å². The highest BCUT2D eigenvalue weighted by molar-refractivity contribution is 6.08. The van der Waals surface area contributed by atoms with Crippen molar-refractivity contribution in [3.63, 3.8) is 0 Å². The van der Waals surface area contributed by atoms with Crippen molar-refractivity contribution in [1.29, 1.82) is 0 Å². The molecule has 1 aromatic heterocycles. The van der Waals surface area contributed by atoms with Crippen LogP contribution in [-0.2, 0) is 0 Å². The molecule has 0 saturated carbocycles. The van der Waals surface area contributed by atoms with Gasteiger partial charge in [-0.05, 0) is 18.6 Å². The number of carbonyl (C=O) groups excluding carboxylic acids is 1. The maximum absolute atomic E-state index is 11.9. The molecule has 0 aliphatic heterocycles. The van der Waals surface area contributed by atoms with Gasteiger partial charge in [0.15, 0.2) is 5.78 Å². The molecule has 0 spiro atoms. The van der Waals surface area contributed by atoms with Crippen LogP contribution in [0.1, 0.15) is 49.4 Å². The molecule has 1 N–H and O–H groups in total. The molecule has 23 heavy (non-hydrogen) atoms. The van der Waals surface area contributed by atoms with Gasteiger partial charge in [-0.3, -0.25) is 4.79 Å². The molecule has 0 amide bonds. The Bertz CT molecular complexity index is 682. The molecule has 1 aromatic carbocycles. The van der Waals surface area contributed by atoms with Crippen molar-refractivity contribution in [2.75, 3.05) is 0 Å². The number of aromatic hydroxyl groups is 1. The van der Waals surface area contributed by atoms with Crippen LogP contribution in [0.2, 0.25) is 0 Å². The van der Waals surface area contributed by atoms with Gasteiger partial charge in [0.1, 0.15) is 17.1 Å². The first-order chi connectivity index (χ1) is 11.1. The molecular formula is C19H24O4. The van der Waals surface area contributed by atoms with E-state index in [9.17, 15) is 14.7 Å². The van der Waals surface area contributed by atoms with Crippen LogP contribution in [0, 0.1) is 6.92 Å². The van der Waals surface area contributed by atoms with E-state index >= 15 is 0 Å². The number of carbonyl (C=O) groups is 1. The minimum absolute atomic E-state index is 0.256. The third-order valence-corrected chi connectivity index (χ3v) is 2.53. The predicted molar refractivity (Wildman–Crippen MR) is 93.9 cm³/mol. The summed E-state index contributed by atoms with van der Waals surface area (Å²) in [6.07, 6.45) is 2.80. The van der Waals surface area contributed by atoms with Crippen LogP contribution in [0.4, 0.5) is 0 Å². The fraction of sp³-hybridized carbons (Fsp3) is 0.263. The number of hydrogen-bond donors (Lipinski definition) is 1. The van der Waals surface area contributed by atoms with Crippen molar-refractivity contribution >= 4 is 11.9 Å². The second-order valence-corrected chi connectivity index (χ2v) is 4.01. The first-order valence-corrected chi connectivity index (χ1v) is 7.69. The molecule has 0 unspecified atom stereocenters. The molecule has 2 aromatic rings. The van der Waals surface area contributed by atoms with Gasteiger partial charge in [0, 0.05) is 6.07 Å². The van der Waals surface area contributed by atoms with E-state index in [1.54, 1.807) is 6.08 Å². The van der Waals surface area contributed by atoms with Crippen molar-refractivity contribution in [1.82, 2.24) is 0 Å². The van der Waals surface area contributed by atoms with Gasteiger partial charge in [-0.15, -0.1) is 0 Å². The minimum atomic E-state index is -0.833. The quantitative estimate of drug-likeness (QED) is 0.663. The third-order valence-electron chi connectivity index (χ3n) is 2.53. The summed E-state index contributed by atoms with van der Waals surface area (Å²) >= 11 is 0. The molecule has 0 saturated heterocycles. The van der Waals surface area contributed by atoms with E-state index in [4.69, 9.17) is 4.42 Å². The van der Waals surface area contributed by atoms with E-state index in [0.717, 1.165) is 5.56 Å². The van der Waals surface area contributed by atoms with E-state index < -0.39 is 11.4 Å². The van der Waals surface area contributed by atoms with Gasteiger partial charge in [0.25, 0.3) is 0 Å². The summed E-state index contributed by atoms with van der Waals surface area (Å²) in [5.41, 5.74) is -0.357. The summed E-state index contributed by atoms with van der Waals surface area (Å²) in [4.78, 5) is 23.4. The number of allylic oxidation sites excluding steroid dienone is 1. The Morgan fingerprint density at radius 3 is 2.17 bits per heavy atom. The maximum atomic E-state index is 11.9. The predicted octanol–water partition coefficient (Wildman–Crippen LogP) is 4.60. The van der Waals surface area contributed by atoms with E-state index in [1.165, 1.54) is 19.1 Å². The van der Waals surface area contributed by atoms with Crippen LogP contribution < -0.4 is 5.63 Å². The van der Waals surface area contributed by atoms with Crippen molar-refractivity contribution in [3.8, 4) is 5.75 Å². The highest BCUT2D eigenvalue weighted by Gasteiger charge is 2.15. The van der Waals surface area contributed by atoms with Crippen molar-refractivity contribution < 1.29 is 14.3 Å². The summed E-state index contributed by atoms with van der Waals surface area (Å²) in [5, 5.41) is 9.63. The number of aryl methyl sites for hydroxylation is 1. The Hall–Kier alpha value is -2.62. The smallest absolute Gasteiger partial charge is 0.351 e. The zero-order chi connectivity index (χ0) is 17.8.